The first-order valence-electron chi connectivity index (χ1n) is 24.3. The molecule has 0 aliphatic rings. The van der Waals surface area contributed by atoms with Crippen LogP contribution in [0.3, 0.4) is 0 Å². The van der Waals surface area contributed by atoms with Crippen molar-refractivity contribution in [1.29, 1.82) is 15.8 Å². The molecule has 3 heterocycles. The van der Waals surface area contributed by atoms with E-state index in [2.05, 4.69) is 155 Å². The van der Waals surface area contributed by atoms with Gasteiger partial charge in [-0.25, -0.2) is 9.97 Å². The Morgan fingerprint density at radius 3 is 1.36 bits per heavy atom. The van der Waals surface area contributed by atoms with E-state index in [9.17, 15) is 15.8 Å². The maximum absolute atomic E-state index is 11.4. The summed E-state index contributed by atoms with van der Waals surface area (Å²) in [5.74, 6) is 0.605. The minimum absolute atomic E-state index is 0.509. The van der Waals surface area contributed by atoms with Crippen LogP contribution in [0.4, 0.5) is 0 Å². The van der Waals surface area contributed by atoms with Crippen molar-refractivity contribution in [3.8, 4) is 96.9 Å². The van der Waals surface area contributed by atoms with Gasteiger partial charge in [-0.05, 0) is 113 Å². The Bertz CT molecular complexity index is 4470. The predicted molar refractivity (Wildman–Crippen MR) is 297 cm³/mol. The van der Waals surface area contributed by atoms with E-state index in [-0.39, 0.29) is 0 Å². The minimum Gasteiger partial charge on any atom is -0.309 e. The zero-order valence-electron chi connectivity index (χ0n) is 39.6. The van der Waals surface area contributed by atoms with E-state index in [4.69, 9.17) is 9.97 Å². The van der Waals surface area contributed by atoms with Crippen molar-refractivity contribution in [3.05, 3.63) is 253 Å². The Labute approximate surface area is 426 Å². The molecule has 7 heteroatoms. The number of aromatic nitrogens is 4. The first kappa shape index (κ1) is 43.4. The van der Waals surface area contributed by atoms with E-state index < -0.39 is 0 Å². The molecular weight excluding hydrogens is 903 g/mol. The minimum atomic E-state index is 0.509. The van der Waals surface area contributed by atoms with Gasteiger partial charge in [0.2, 0.25) is 0 Å². The van der Waals surface area contributed by atoms with Crippen LogP contribution in [0.5, 0.6) is 0 Å². The maximum atomic E-state index is 11.4. The standard InChI is InChI=1S/C67H39N7/c68-40-43-14-11-20-47(34-43)49-28-31-62-55(36-49)53-23-7-9-25-60(53)73(62)64-33-30-51(59-39-58(45-16-3-1-4-17-45)71-67(72-59)46-18-5-2-6-19-46)38-57(64)66-52(42-70)22-13-27-65(66)74-61-26-10-8-24-54(61)56-37-50(29-32-63(56)74)48-21-12-15-44(35-48)41-69/h1-39H. The van der Waals surface area contributed by atoms with Gasteiger partial charge in [-0.2, -0.15) is 15.8 Å². The lowest BCUT2D eigenvalue weighted by Crippen LogP contribution is -2.04. The van der Waals surface area contributed by atoms with Crippen LogP contribution in [0.25, 0.3) is 122 Å². The first-order valence-corrected chi connectivity index (χ1v) is 24.3. The van der Waals surface area contributed by atoms with E-state index in [1.54, 1.807) is 0 Å². The summed E-state index contributed by atoms with van der Waals surface area (Å²) in [6.07, 6.45) is 0. The highest BCUT2D eigenvalue weighted by Gasteiger charge is 2.24. The van der Waals surface area contributed by atoms with Crippen LogP contribution in [0.15, 0.2) is 237 Å². The molecule has 0 aliphatic heterocycles. The predicted octanol–water partition coefficient (Wildman–Crippen LogP) is 16.3. The number of hydrogen-bond acceptors (Lipinski definition) is 5. The van der Waals surface area contributed by atoms with Gasteiger partial charge in [-0.3, -0.25) is 0 Å². The summed E-state index contributed by atoms with van der Waals surface area (Å²) >= 11 is 0. The highest BCUT2D eigenvalue weighted by atomic mass is 15.0. The molecule has 13 rings (SSSR count). The zero-order chi connectivity index (χ0) is 49.7. The largest absolute Gasteiger partial charge is 0.309 e. The van der Waals surface area contributed by atoms with Crippen LogP contribution in [-0.4, -0.2) is 19.1 Å². The van der Waals surface area contributed by atoms with Crippen molar-refractivity contribution >= 4 is 43.6 Å². The zero-order valence-corrected chi connectivity index (χ0v) is 39.6. The van der Waals surface area contributed by atoms with E-state index in [0.717, 1.165) is 116 Å². The molecule has 342 valence electrons. The molecule has 0 unspecified atom stereocenters. The molecule has 0 fully saturated rings. The highest BCUT2D eigenvalue weighted by Crippen LogP contribution is 2.45. The number of benzene rings is 10. The molecule has 7 nitrogen and oxygen atoms in total. The Morgan fingerprint density at radius 1 is 0.311 bits per heavy atom. The number of nitriles is 3. The third-order valence-electron chi connectivity index (χ3n) is 14.0. The maximum Gasteiger partial charge on any atom is 0.160 e. The Hall–Kier alpha value is -10.7. The Balaban J connectivity index is 1.11. The molecule has 0 spiro atoms. The molecule has 13 aromatic rings. The summed E-state index contributed by atoms with van der Waals surface area (Å²) in [5, 5.41) is 35.2. The van der Waals surface area contributed by atoms with Gasteiger partial charge >= 0.3 is 0 Å². The average molecular weight is 942 g/mol. The van der Waals surface area contributed by atoms with Crippen LogP contribution in [0.1, 0.15) is 16.7 Å². The van der Waals surface area contributed by atoms with Crippen molar-refractivity contribution < 1.29 is 0 Å². The van der Waals surface area contributed by atoms with E-state index >= 15 is 0 Å². The van der Waals surface area contributed by atoms with Crippen molar-refractivity contribution in [2.45, 2.75) is 0 Å². The molecule has 0 aliphatic carbocycles. The summed E-state index contributed by atoms with van der Waals surface area (Å²) in [6, 6.07) is 87.2. The van der Waals surface area contributed by atoms with Crippen LogP contribution >= 0.6 is 0 Å². The lowest BCUT2D eigenvalue weighted by molar-refractivity contribution is 1.15. The van der Waals surface area contributed by atoms with Gasteiger partial charge in [0, 0.05) is 49.4 Å². The van der Waals surface area contributed by atoms with Crippen molar-refractivity contribution in [2.75, 3.05) is 0 Å². The Morgan fingerprint density at radius 2 is 0.784 bits per heavy atom. The van der Waals surface area contributed by atoms with Crippen LogP contribution in [0.2, 0.25) is 0 Å². The quantitative estimate of drug-likeness (QED) is 0.151. The monoisotopic (exact) mass is 941 g/mol. The lowest BCUT2D eigenvalue weighted by Gasteiger charge is -2.21. The number of fused-ring (bicyclic) bond motifs is 6. The second-order valence-electron chi connectivity index (χ2n) is 18.3. The van der Waals surface area contributed by atoms with Gasteiger partial charge in [0.1, 0.15) is 0 Å². The van der Waals surface area contributed by atoms with Crippen LogP contribution in [-0.2, 0) is 0 Å². The summed E-state index contributed by atoms with van der Waals surface area (Å²) in [7, 11) is 0. The molecule has 10 aromatic carbocycles. The van der Waals surface area contributed by atoms with Gasteiger partial charge in [0.05, 0.1) is 79.7 Å². The fraction of sp³-hybridized carbons (Fsp3) is 0. The number of hydrogen-bond donors (Lipinski definition) is 0. The third kappa shape index (κ3) is 7.35. The van der Waals surface area contributed by atoms with Gasteiger partial charge in [0.15, 0.2) is 5.82 Å². The number of nitrogens with zero attached hydrogens (tertiary/aromatic N) is 7. The van der Waals surface area contributed by atoms with Gasteiger partial charge < -0.3 is 9.13 Å². The van der Waals surface area contributed by atoms with Crippen molar-refractivity contribution in [1.82, 2.24) is 19.1 Å². The van der Waals surface area contributed by atoms with Gasteiger partial charge in [0.25, 0.3) is 0 Å². The SMILES string of the molecule is N#Cc1cccc(-c2ccc3c(c2)c2ccccc2n3-c2ccc(-c3cc(-c4ccccc4)nc(-c4ccccc4)n3)cc2-c2c(C#N)cccc2-n2c3ccccc3c3cc(-c4cccc(C#N)c4)ccc32)c1. The normalized spacial score (nSPS) is 11.2. The summed E-state index contributed by atoms with van der Waals surface area (Å²) in [6.45, 7) is 0. The van der Waals surface area contributed by atoms with Crippen LogP contribution in [0, 0.1) is 34.0 Å². The average Bonchev–Trinajstić information content (AvgIpc) is 3.99. The molecule has 0 saturated heterocycles. The second-order valence-corrected chi connectivity index (χ2v) is 18.3. The number of rotatable bonds is 8. The number of para-hydroxylation sites is 2. The molecule has 74 heavy (non-hydrogen) atoms. The molecule has 3 aromatic heterocycles. The second kappa shape index (κ2) is 17.9. The summed E-state index contributed by atoms with van der Waals surface area (Å²) in [4.78, 5) is 10.4. The topological polar surface area (TPSA) is 107 Å². The molecule has 0 amide bonds. The van der Waals surface area contributed by atoms with Gasteiger partial charge in [-0.1, -0.05) is 146 Å². The third-order valence-corrected chi connectivity index (χ3v) is 14.0. The molecule has 0 saturated carbocycles. The summed E-state index contributed by atoms with van der Waals surface area (Å²) in [5.41, 5.74) is 17.1. The van der Waals surface area contributed by atoms with E-state index in [1.165, 1.54) is 0 Å². The molecule has 0 N–H and O–H groups in total. The van der Waals surface area contributed by atoms with Crippen molar-refractivity contribution in [3.63, 3.8) is 0 Å². The van der Waals surface area contributed by atoms with Gasteiger partial charge in [-0.15, -0.1) is 0 Å². The van der Waals surface area contributed by atoms with Crippen molar-refractivity contribution in [2.24, 2.45) is 0 Å². The smallest absolute Gasteiger partial charge is 0.160 e. The Kier molecular flexibility index (Phi) is 10.5. The highest BCUT2D eigenvalue weighted by molar-refractivity contribution is 6.13. The fourth-order valence-corrected chi connectivity index (χ4v) is 10.6. The molecule has 0 radical (unpaired) electrons. The fourth-order valence-electron chi connectivity index (χ4n) is 10.6. The molecule has 0 atom stereocenters. The first-order chi connectivity index (χ1) is 36.5. The lowest BCUT2D eigenvalue weighted by atomic mass is 9.93. The van der Waals surface area contributed by atoms with Crippen LogP contribution < -0.4 is 0 Å². The molecule has 0 bridgehead atoms. The summed E-state index contributed by atoms with van der Waals surface area (Å²) < 4.78 is 4.60. The molecular formula is C67H39N7. The van der Waals surface area contributed by atoms with E-state index in [0.29, 0.717) is 22.5 Å². The van der Waals surface area contributed by atoms with E-state index in [1.807, 2.05) is 109 Å².